The van der Waals surface area contributed by atoms with Crippen LogP contribution < -0.4 is 15.0 Å². The number of aryl methyl sites for hydroxylation is 3. The Morgan fingerprint density at radius 3 is 2.17 bits per heavy atom. The average molecular weight is 546 g/mol. The highest BCUT2D eigenvalue weighted by atomic mass is 32.1. The van der Waals surface area contributed by atoms with E-state index >= 15 is 0 Å². The minimum absolute atomic E-state index is 0.116. The maximum absolute atomic E-state index is 6.09. The molecule has 0 radical (unpaired) electrons. The maximum atomic E-state index is 6.09. The molecule has 5 aromatic rings. The number of pyridine rings is 2. The zero-order valence-electron chi connectivity index (χ0n) is 23.0. The zero-order valence-corrected chi connectivity index (χ0v) is 23.8. The van der Waals surface area contributed by atoms with E-state index in [0.29, 0.717) is 5.11 Å². The van der Waals surface area contributed by atoms with Gasteiger partial charge in [-0.15, -0.1) is 0 Å². The van der Waals surface area contributed by atoms with Gasteiger partial charge in [-0.25, -0.2) is 4.98 Å². The molecule has 0 aliphatic carbocycles. The second kappa shape index (κ2) is 10.6. The van der Waals surface area contributed by atoms with Gasteiger partial charge >= 0.3 is 0 Å². The van der Waals surface area contributed by atoms with E-state index in [2.05, 4.69) is 72.8 Å². The zero-order chi connectivity index (χ0) is 27.8. The van der Waals surface area contributed by atoms with Gasteiger partial charge in [0.1, 0.15) is 17.3 Å². The second-order valence-electron chi connectivity index (χ2n) is 10.2. The number of hydrogen-bond donors (Lipinski definition) is 1. The first kappa shape index (κ1) is 25.8. The Labute approximate surface area is 240 Å². The van der Waals surface area contributed by atoms with Crippen molar-refractivity contribution in [2.45, 2.75) is 39.8 Å². The summed E-state index contributed by atoms with van der Waals surface area (Å²) in [6, 6.07) is 28.2. The van der Waals surface area contributed by atoms with Crippen LogP contribution in [0.4, 0.5) is 5.69 Å². The Balaban J connectivity index is 1.41. The van der Waals surface area contributed by atoms with Crippen LogP contribution >= 0.6 is 12.2 Å². The van der Waals surface area contributed by atoms with Gasteiger partial charge in [-0.3, -0.25) is 4.98 Å². The summed E-state index contributed by atoms with van der Waals surface area (Å²) in [6.07, 6.45) is 3.67. The van der Waals surface area contributed by atoms with Gasteiger partial charge in [0.25, 0.3) is 0 Å². The summed E-state index contributed by atoms with van der Waals surface area (Å²) >= 11 is 5.96. The summed E-state index contributed by atoms with van der Waals surface area (Å²) in [6.45, 7) is 8.44. The van der Waals surface area contributed by atoms with E-state index in [9.17, 15) is 0 Å². The molecule has 0 saturated carbocycles. The lowest BCUT2D eigenvalue weighted by Gasteiger charge is -2.28. The molecule has 4 heterocycles. The second-order valence-corrected chi connectivity index (χ2v) is 10.6. The van der Waals surface area contributed by atoms with Crippen LogP contribution in [-0.4, -0.2) is 19.6 Å². The third-order valence-corrected chi connectivity index (χ3v) is 7.77. The minimum atomic E-state index is -0.129. The van der Waals surface area contributed by atoms with E-state index in [1.165, 1.54) is 11.1 Å². The summed E-state index contributed by atoms with van der Waals surface area (Å²) in [4.78, 5) is 11.6. The Kier molecular flexibility index (Phi) is 6.82. The summed E-state index contributed by atoms with van der Waals surface area (Å²) in [5.74, 6) is 2.52. The van der Waals surface area contributed by atoms with Gasteiger partial charge in [-0.1, -0.05) is 29.8 Å². The van der Waals surface area contributed by atoms with Crippen LogP contribution in [0.3, 0.4) is 0 Å². The summed E-state index contributed by atoms with van der Waals surface area (Å²) in [5.41, 5.74) is 7.66. The molecule has 1 N–H and O–H groups in total. The lowest BCUT2D eigenvalue weighted by atomic mass is 9.96. The van der Waals surface area contributed by atoms with Crippen molar-refractivity contribution in [2.75, 3.05) is 4.90 Å². The van der Waals surface area contributed by atoms with Gasteiger partial charge < -0.3 is 19.5 Å². The highest BCUT2D eigenvalue weighted by molar-refractivity contribution is 7.80. The fourth-order valence-electron chi connectivity index (χ4n) is 5.49. The monoisotopic (exact) mass is 545 g/mol. The number of nitrogens with one attached hydrogen (secondary N) is 1. The number of thiocarbonyl (C=S) groups is 1. The molecule has 3 aromatic heterocycles. The molecule has 0 bridgehead atoms. The molecule has 1 aliphatic rings. The van der Waals surface area contributed by atoms with Gasteiger partial charge in [0.05, 0.1) is 17.8 Å². The highest BCUT2D eigenvalue weighted by Gasteiger charge is 2.42. The molecule has 6 rings (SSSR count). The predicted octanol–water partition coefficient (Wildman–Crippen LogP) is 7.47. The maximum Gasteiger partial charge on any atom is 0.174 e. The molecule has 40 heavy (non-hydrogen) atoms. The average Bonchev–Trinajstić information content (AvgIpc) is 3.46. The first-order chi connectivity index (χ1) is 19.4. The van der Waals surface area contributed by atoms with E-state index in [0.717, 1.165) is 45.6 Å². The van der Waals surface area contributed by atoms with Gasteiger partial charge in [0.2, 0.25) is 0 Å². The van der Waals surface area contributed by atoms with Gasteiger partial charge in [0, 0.05) is 29.5 Å². The van der Waals surface area contributed by atoms with Crippen LogP contribution in [0.15, 0.2) is 97.3 Å². The summed E-state index contributed by atoms with van der Waals surface area (Å²) in [5, 5.41) is 4.23. The smallest absolute Gasteiger partial charge is 0.174 e. The van der Waals surface area contributed by atoms with E-state index in [1.807, 2.05) is 67.0 Å². The lowest BCUT2D eigenvalue weighted by Crippen LogP contribution is -2.29. The highest BCUT2D eigenvalue weighted by Crippen LogP contribution is 2.44. The normalized spacial score (nSPS) is 16.7. The molecule has 200 valence electrons. The van der Waals surface area contributed by atoms with Crippen LogP contribution in [0, 0.1) is 27.7 Å². The number of rotatable bonds is 6. The van der Waals surface area contributed by atoms with Crippen LogP contribution in [0.1, 0.15) is 45.9 Å². The molecule has 1 saturated heterocycles. The molecule has 2 atom stereocenters. The predicted molar refractivity (Wildman–Crippen MR) is 163 cm³/mol. The van der Waals surface area contributed by atoms with Crippen LogP contribution in [0.25, 0.3) is 5.82 Å². The Morgan fingerprint density at radius 2 is 1.50 bits per heavy atom. The number of aromatic nitrogens is 3. The molecule has 1 aliphatic heterocycles. The molecular weight excluding hydrogens is 514 g/mol. The Morgan fingerprint density at radius 1 is 0.800 bits per heavy atom. The third kappa shape index (κ3) is 4.73. The first-order valence-electron chi connectivity index (χ1n) is 13.4. The van der Waals surface area contributed by atoms with Gasteiger partial charge in [0.15, 0.2) is 5.11 Å². The van der Waals surface area contributed by atoms with Crippen molar-refractivity contribution >= 4 is 23.0 Å². The van der Waals surface area contributed by atoms with Crippen LogP contribution in [-0.2, 0) is 0 Å². The largest absolute Gasteiger partial charge is 0.457 e. The van der Waals surface area contributed by atoms with Crippen LogP contribution in [0.2, 0.25) is 0 Å². The quantitative estimate of drug-likeness (QED) is 0.223. The minimum Gasteiger partial charge on any atom is -0.457 e. The van der Waals surface area contributed by atoms with E-state index < -0.39 is 0 Å². The molecule has 2 aromatic carbocycles. The molecule has 0 amide bonds. The van der Waals surface area contributed by atoms with Gasteiger partial charge in [-0.05, 0) is 112 Å². The topological polar surface area (TPSA) is 55.2 Å². The van der Waals surface area contributed by atoms with Crippen LogP contribution in [0.5, 0.6) is 11.5 Å². The third-order valence-electron chi connectivity index (χ3n) is 7.45. The molecule has 6 nitrogen and oxygen atoms in total. The van der Waals surface area contributed by atoms with E-state index in [1.54, 1.807) is 0 Å². The first-order valence-corrected chi connectivity index (χ1v) is 13.8. The fraction of sp³-hybridized carbons (Fsp3) is 0.182. The van der Waals surface area contributed by atoms with Crippen molar-refractivity contribution in [1.82, 2.24) is 19.9 Å². The number of ether oxygens (including phenoxy) is 1. The fourth-order valence-corrected chi connectivity index (χ4v) is 5.84. The Hall–Kier alpha value is -4.49. The molecule has 0 unspecified atom stereocenters. The van der Waals surface area contributed by atoms with Gasteiger partial charge in [-0.2, -0.15) is 0 Å². The molecular formula is C33H31N5OS. The SMILES string of the molecule is Cc1ccc(Oc2ccc(N3C(=S)N[C@@H](c4ccccn4)[C@@H]3c3cc(C)n(-c4ncccc4C)c3C)cc2)cc1. The summed E-state index contributed by atoms with van der Waals surface area (Å²) < 4.78 is 8.33. The van der Waals surface area contributed by atoms with Crippen molar-refractivity contribution in [3.05, 3.63) is 131 Å². The van der Waals surface area contributed by atoms with Crippen molar-refractivity contribution in [1.29, 1.82) is 0 Å². The number of nitrogens with zero attached hydrogens (tertiary/aromatic N) is 4. The van der Waals surface area contributed by atoms with Crippen molar-refractivity contribution < 1.29 is 4.74 Å². The Bertz CT molecular complexity index is 1660. The molecule has 1 fully saturated rings. The number of hydrogen-bond acceptors (Lipinski definition) is 4. The number of benzene rings is 2. The molecule has 0 spiro atoms. The van der Waals surface area contributed by atoms with Crippen molar-refractivity contribution in [2.24, 2.45) is 0 Å². The standard InChI is InChI=1S/C33H31N5OS/c1-21-10-14-26(15-11-21)39-27-16-12-25(13-17-27)38-31(30(36-33(38)40)29-9-5-6-18-34-29)28-20-23(3)37(24(28)4)32-22(2)8-7-19-35-32/h5-20,30-31H,1-4H3,(H,36,40)/t30-,31-/m0/s1. The van der Waals surface area contributed by atoms with Crippen molar-refractivity contribution in [3.63, 3.8) is 0 Å². The summed E-state index contributed by atoms with van der Waals surface area (Å²) in [7, 11) is 0. The van der Waals surface area contributed by atoms with E-state index in [-0.39, 0.29) is 12.1 Å². The lowest BCUT2D eigenvalue weighted by molar-refractivity contribution is 0.482. The van der Waals surface area contributed by atoms with Crippen molar-refractivity contribution in [3.8, 4) is 17.3 Å². The molecule has 7 heteroatoms. The van der Waals surface area contributed by atoms with E-state index in [4.69, 9.17) is 26.9 Å². The number of anilines is 1.